The van der Waals surface area contributed by atoms with Gasteiger partial charge in [-0.25, -0.2) is 4.98 Å². The second-order valence-corrected chi connectivity index (χ2v) is 5.78. The number of thiazole rings is 1. The van der Waals surface area contributed by atoms with Crippen LogP contribution in [-0.2, 0) is 6.54 Å². The summed E-state index contributed by atoms with van der Waals surface area (Å²) in [6.45, 7) is 7.39. The first-order chi connectivity index (χ1) is 8.24. The number of aromatic nitrogens is 1. The van der Waals surface area contributed by atoms with Crippen LogP contribution < -0.4 is 11.1 Å². The minimum atomic E-state index is 0.428. The molecule has 2 heterocycles. The van der Waals surface area contributed by atoms with Gasteiger partial charge < -0.3 is 16.0 Å². The van der Waals surface area contributed by atoms with Crippen LogP contribution in [0, 0.1) is 6.92 Å². The number of hydrogen-bond donors (Lipinski definition) is 2. The fraction of sp³-hybridized carbons (Fsp3) is 0.750. The standard InChI is InChI=1S/C12H22N4S/c1-10-15-12(9-17-10)8-14-4-7-16-5-2-11(13)3-6-16/h9,11,14H,2-8,13H2,1H3. The van der Waals surface area contributed by atoms with Crippen LogP contribution in [0.4, 0.5) is 0 Å². The number of rotatable bonds is 5. The van der Waals surface area contributed by atoms with Gasteiger partial charge in [0.05, 0.1) is 10.7 Å². The minimum Gasteiger partial charge on any atom is -0.328 e. The van der Waals surface area contributed by atoms with Crippen molar-refractivity contribution in [3.63, 3.8) is 0 Å². The molecule has 17 heavy (non-hydrogen) atoms. The average Bonchev–Trinajstić information content (AvgIpc) is 2.73. The van der Waals surface area contributed by atoms with E-state index >= 15 is 0 Å². The molecule has 0 spiro atoms. The van der Waals surface area contributed by atoms with Crippen molar-refractivity contribution in [3.8, 4) is 0 Å². The number of nitrogens with two attached hydrogens (primary N) is 1. The first-order valence-corrected chi connectivity index (χ1v) is 7.21. The van der Waals surface area contributed by atoms with Crippen molar-refractivity contribution in [1.29, 1.82) is 0 Å². The number of piperidine rings is 1. The maximum Gasteiger partial charge on any atom is 0.0897 e. The molecule has 1 aromatic heterocycles. The topological polar surface area (TPSA) is 54.2 Å². The normalized spacial score (nSPS) is 18.7. The molecule has 4 nitrogen and oxygen atoms in total. The van der Waals surface area contributed by atoms with E-state index in [2.05, 4.69) is 20.6 Å². The van der Waals surface area contributed by atoms with E-state index in [1.165, 1.54) is 0 Å². The van der Waals surface area contributed by atoms with Gasteiger partial charge in [-0.15, -0.1) is 11.3 Å². The average molecular weight is 254 g/mol. The maximum atomic E-state index is 5.88. The van der Waals surface area contributed by atoms with Crippen LogP contribution >= 0.6 is 11.3 Å². The zero-order valence-corrected chi connectivity index (χ0v) is 11.3. The molecule has 0 aromatic carbocycles. The number of nitrogens with zero attached hydrogens (tertiary/aromatic N) is 2. The van der Waals surface area contributed by atoms with Gasteiger partial charge in [-0.1, -0.05) is 0 Å². The van der Waals surface area contributed by atoms with Crippen molar-refractivity contribution in [3.05, 3.63) is 16.1 Å². The molecule has 1 aliphatic rings. The lowest BCUT2D eigenvalue weighted by atomic mass is 10.1. The Hall–Kier alpha value is -0.490. The molecule has 0 aliphatic carbocycles. The summed E-state index contributed by atoms with van der Waals surface area (Å²) in [4.78, 5) is 6.92. The van der Waals surface area contributed by atoms with E-state index in [0.29, 0.717) is 6.04 Å². The molecule has 2 rings (SSSR count). The van der Waals surface area contributed by atoms with Gasteiger partial charge in [0.2, 0.25) is 0 Å². The molecule has 1 fully saturated rings. The van der Waals surface area contributed by atoms with Gasteiger partial charge in [0.15, 0.2) is 0 Å². The second kappa shape index (κ2) is 6.44. The summed E-state index contributed by atoms with van der Waals surface area (Å²) >= 11 is 1.72. The van der Waals surface area contributed by atoms with Crippen LogP contribution in [0.15, 0.2) is 5.38 Å². The maximum absolute atomic E-state index is 5.88. The van der Waals surface area contributed by atoms with Crippen molar-refractivity contribution in [1.82, 2.24) is 15.2 Å². The SMILES string of the molecule is Cc1nc(CNCCN2CCC(N)CC2)cs1. The summed E-state index contributed by atoms with van der Waals surface area (Å²) in [6.07, 6.45) is 2.29. The summed E-state index contributed by atoms with van der Waals surface area (Å²) in [7, 11) is 0. The van der Waals surface area contributed by atoms with Gasteiger partial charge in [0, 0.05) is 31.1 Å². The Balaban J connectivity index is 1.57. The number of nitrogens with one attached hydrogen (secondary N) is 1. The molecule has 3 N–H and O–H groups in total. The lowest BCUT2D eigenvalue weighted by Gasteiger charge is -2.29. The Labute approximate surface area is 107 Å². The third-order valence-corrected chi connectivity index (χ3v) is 4.03. The van der Waals surface area contributed by atoms with Gasteiger partial charge in [-0.05, 0) is 32.9 Å². The van der Waals surface area contributed by atoms with E-state index in [1.807, 2.05) is 6.92 Å². The highest BCUT2D eigenvalue weighted by molar-refractivity contribution is 7.09. The second-order valence-electron chi connectivity index (χ2n) is 4.71. The first kappa shape index (κ1) is 13.0. The summed E-state index contributed by atoms with van der Waals surface area (Å²) in [5.74, 6) is 0. The Kier molecular flexibility index (Phi) is 4.91. The molecule has 1 saturated heterocycles. The van der Waals surface area contributed by atoms with E-state index in [0.717, 1.165) is 56.3 Å². The van der Waals surface area contributed by atoms with Gasteiger partial charge in [-0.2, -0.15) is 0 Å². The zero-order chi connectivity index (χ0) is 12.1. The van der Waals surface area contributed by atoms with Crippen molar-refractivity contribution >= 4 is 11.3 Å². The quantitative estimate of drug-likeness (QED) is 0.769. The van der Waals surface area contributed by atoms with Crippen LogP contribution in [0.1, 0.15) is 23.5 Å². The third kappa shape index (κ3) is 4.35. The first-order valence-electron chi connectivity index (χ1n) is 6.33. The predicted octanol–water partition coefficient (Wildman–Crippen LogP) is 0.964. The number of likely N-dealkylation sites (tertiary alicyclic amines) is 1. The van der Waals surface area contributed by atoms with Crippen LogP contribution in [0.3, 0.4) is 0 Å². The van der Waals surface area contributed by atoms with E-state index in [1.54, 1.807) is 11.3 Å². The molecular weight excluding hydrogens is 232 g/mol. The number of hydrogen-bond acceptors (Lipinski definition) is 5. The van der Waals surface area contributed by atoms with Gasteiger partial charge >= 0.3 is 0 Å². The summed E-state index contributed by atoms with van der Waals surface area (Å²) in [6, 6.07) is 0.428. The highest BCUT2D eigenvalue weighted by atomic mass is 32.1. The highest BCUT2D eigenvalue weighted by Crippen LogP contribution is 2.08. The lowest BCUT2D eigenvalue weighted by Crippen LogP contribution is -2.42. The predicted molar refractivity (Wildman–Crippen MR) is 72.2 cm³/mol. The zero-order valence-electron chi connectivity index (χ0n) is 10.5. The fourth-order valence-corrected chi connectivity index (χ4v) is 2.73. The van der Waals surface area contributed by atoms with Crippen LogP contribution in [-0.4, -0.2) is 42.1 Å². The molecule has 0 amide bonds. The van der Waals surface area contributed by atoms with Crippen LogP contribution in [0.2, 0.25) is 0 Å². The molecule has 1 aliphatic heterocycles. The summed E-state index contributed by atoms with van der Waals surface area (Å²) in [5, 5.41) is 6.72. The molecule has 0 bridgehead atoms. The van der Waals surface area contributed by atoms with Gasteiger partial charge in [0.1, 0.15) is 0 Å². The van der Waals surface area contributed by atoms with E-state index in [-0.39, 0.29) is 0 Å². The van der Waals surface area contributed by atoms with Crippen LogP contribution in [0.5, 0.6) is 0 Å². The van der Waals surface area contributed by atoms with Crippen molar-refractivity contribution < 1.29 is 0 Å². The molecule has 5 heteroatoms. The Bertz CT molecular complexity index is 331. The molecule has 0 atom stereocenters. The molecule has 0 radical (unpaired) electrons. The fourth-order valence-electron chi connectivity index (χ4n) is 2.12. The third-order valence-electron chi connectivity index (χ3n) is 3.21. The van der Waals surface area contributed by atoms with Gasteiger partial charge in [-0.3, -0.25) is 0 Å². The van der Waals surface area contributed by atoms with E-state index < -0.39 is 0 Å². The van der Waals surface area contributed by atoms with Crippen molar-refractivity contribution in [2.45, 2.75) is 32.4 Å². The minimum absolute atomic E-state index is 0.428. The molecule has 1 aromatic rings. The summed E-state index contributed by atoms with van der Waals surface area (Å²) < 4.78 is 0. The monoisotopic (exact) mass is 254 g/mol. The molecule has 96 valence electrons. The Morgan fingerprint density at radius 3 is 2.94 bits per heavy atom. The lowest BCUT2D eigenvalue weighted by molar-refractivity contribution is 0.213. The molecular formula is C12H22N4S. The van der Waals surface area contributed by atoms with E-state index in [9.17, 15) is 0 Å². The molecule has 0 unspecified atom stereocenters. The summed E-state index contributed by atoms with van der Waals surface area (Å²) in [5.41, 5.74) is 7.04. The highest BCUT2D eigenvalue weighted by Gasteiger charge is 2.14. The van der Waals surface area contributed by atoms with E-state index in [4.69, 9.17) is 5.73 Å². The Morgan fingerprint density at radius 1 is 1.53 bits per heavy atom. The number of aryl methyl sites for hydroxylation is 1. The van der Waals surface area contributed by atoms with Crippen molar-refractivity contribution in [2.75, 3.05) is 26.2 Å². The Morgan fingerprint density at radius 2 is 2.29 bits per heavy atom. The van der Waals surface area contributed by atoms with Crippen molar-refractivity contribution in [2.24, 2.45) is 5.73 Å². The smallest absolute Gasteiger partial charge is 0.0897 e. The molecule has 0 saturated carbocycles. The largest absolute Gasteiger partial charge is 0.328 e. The van der Waals surface area contributed by atoms with Crippen LogP contribution in [0.25, 0.3) is 0 Å². The van der Waals surface area contributed by atoms with Gasteiger partial charge in [0.25, 0.3) is 0 Å².